The quantitative estimate of drug-likeness (QED) is 0.522. The maximum Gasteiger partial charge on any atom is 0.0897 e. The van der Waals surface area contributed by atoms with Crippen molar-refractivity contribution in [2.45, 2.75) is 33.1 Å². The first-order valence-electron chi connectivity index (χ1n) is 5.59. The van der Waals surface area contributed by atoms with Gasteiger partial charge < -0.3 is 0 Å². The van der Waals surface area contributed by atoms with Crippen molar-refractivity contribution in [3.63, 3.8) is 0 Å². The van der Waals surface area contributed by atoms with E-state index in [0.29, 0.717) is 0 Å². The molecule has 1 aromatic heterocycles. The Balaban J connectivity index is 2.21. The van der Waals surface area contributed by atoms with Crippen molar-refractivity contribution in [3.8, 4) is 0 Å². The molecule has 0 aromatic carbocycles. The van der Waals surface area contributed by atoms with Crippen LogP contribution < -0.4 is 0 Å². The summed E-state index contributed by atoms with van der Waals surface area (Å²) in [5.74, 6) is 0. The molecule has 2 heteroatoms. The van der Waals surface area contributed by atoms with Crippen LogP contribution in [0, 0.1) is 6.92 Å². The molecule has 0 N–H and O–H groups in total. The standard InChI is InChI=1S/C14H19NS/c1-4-8-12(2)9-6-5-7-10-14-11-16-13(3)15-14/h4,6,8-9,11H,1,5,7,10H2,2-3H3/b9-6-,12-8-. The fourth-order valence-electron chi connectivity index (χ4n) is 1.43. The van der Waals surface area contributed by atoms with Gasteiger partial charge in [-0.15, -0.1) is 11.3 Å². The Bertz CT molecular complexity index is 385. The molecule has 1 aromatic rings. The number of unbranched alkanes of at least 4 members (excludes halogenated alkanes) is 1. The van der Waals surface area contributed by atoms with Gasteiger partial charge in [-0.2, -0.15) is 0 Å². The van der Waals surface area contributed by atoms with Crippen molar-refractivity contribution in [1.29, 1.82) is 0 Å². The number of nitrogens with zero attached hydrogens (tertiary/aromatic N) is 1. The zero-order chi connectivity index (χ0) is 11.8. The monoisotopic (exact) mass is 233 g/mol. The van der Waals surface area contributed by atoms with Gasteiger partial charge in [-0.05, 0) is 33.1 Å². The van der Waals surface area contributed by atoms with Crippen LogP contribution in [0.15, 0.2) is 41.8 Å². The van der Waals surface area contributed by atoms with Crippen LogP contribution in [0.5, 0.6) is 0 Å². The van der Waals surface area contributed by atoms with E-state index in [1.807, 2.05) is 12.2 Å². The largest absolute Gasteiger partial charge is 0.247 e. The van der Waals surface area contributed by atoms with Crippen molar-refractivity contribution in [1.82, 2.24) is 4.98 Å². The SMILES string of the molecule is C=C/C=C(C)\C=C/CCCc1csc(C)n1. The van der Waals surface area contributed by atoms with Crippen molar-refractivity contribution in [2.75, 3.05) is 0 Å². The fourth-order valence-corrected chi connectivity index (χ4v) is 2.08. The van der Waals surface area contributed by atoms with Crippen LogP contribution in [-0.2, 0) is 6.42 Å². The highest BCUT2D eigenvalue weighted by Gasteiger charge is 1.96. The second kappa shape index (κ2) is 7.18. The summed E-state index contributed by atoms with van der Waals surface area (Å²) in [6.45, 7) is 7.81. The van der Waals surface area contributed by atoms with Crippen LogP contribution in [0.4, 0.5) is 0 Å². The van der Waals surface area contributed by atoms with Gasteiger partial charge in [0.05, 0.1) is 10.7 Å². The van der Waals surface area contributed by atoms with Gasteiger partial charge in [0.15, 0.2) is 0 Å². The molecule has 0 radical (unpaired) electrons. The van der Waals surface area contributed by atoms with E-state index >= 15 is 0 Å². The highest BCUT2D eigenvalue weighted by molar-refractivity contribution is 7.09. The number of allylic oxidation sites excluding steroid dienone is 5. The minimum absolute atomic E-state index is 1.08. The third kappa shape index (κ3) is 5.08. The molecule has 0 aliphatic heterocycles. The molecule has 0 saturated heterocycles. The number of aromatic nitrogens is 1. The summed E-state index contributed by atoms with van der Waals surface area (Å²) in [7, 11) is 0. The molecule has 1 nitrogen and oxygen atoms in total. The Morgan fingerprint density at radius 3 is 3.00 bits per heavy atom. The zero-order valence-electron chi connectivity index (χ0n) is 10.1. The van der Waals surface area contributed by atoms with Crippen LogP contribution in [-0.4, -0.2) is 4.98 Å². The molecular formula is C14H19NS. The molecule has 0 aliphatic carbocycles. The van der Waals surface area contributed by atoms with E-state index in [-0.39, 0.29) is 0 Å². The molecule has 86 valence electrons. The Hall–Kier alpha value is -1.15. The van der Waals surface area contributed by atoms with E-state index in [4.69, 9.17) is 0 Å². The fraction of sp³-hybridized carbons (Fsp3) is 0.357. The molecule has 0 unspecified atom stereocenters. The number of hydrogen-bond donors (Lipinski definition) is 0. The summed E-state index contributed by atoms with van der Waals surface area (Å²) in [5, 5.41) is 3.32. The smallest absolute Gasteiger partial charge is 0.0897 e. The maximum atomic E-state index is 4.44. The van der Waals surface area contributed by atoms with Gasteiger partial charge in [0.2, 0.25) is 0 Å². The average Bonchev–Trinajstić information content (AvgIpc) is 2.64. The topological polar surface area (TPSA) is 12.9 Å². The van der Waals surface area contributed by atoms with E-state index < -0.39 is 0 Å². The van der Waals surface area contributed by atoms with Crippen molar-refractivity contribution in [2.24, 2.45) is 0 Å². The van der Waals surface area contributed by atoms with E-state index in [2.05, 4.69) is 42.9 Å². The van der Waals surface area contributed by atoms with Crippen LogP contribution in [0.25, 0.3) is 0 Å². The third-order valence-electron chi connectivity index (χ3n) is 2.23. The first-order chi connectivity index (χ1) is 7.72. The number of hydrogen-bond acceptors (Lipinski definition) is 2. The normalized spacial score (nSPS) is 12.2. The first kappa shape index (κ1) is 12.9. The third-order valence-corrected chi connectivity index (χ3v) is 3.05. The van der Waals surface area contributed by atoms with Crippen molar-refractivity contribution < 1.29 is 0 Å². The number of aryl methyl sites for hydroxylation is 2. The molecule has 0 saturated carbocycles. The van der Waals surface area contributed by atoms with E-state index in [1.165, 1.54) is 17.7 Å². The van der Waals surface area contributed by atoms with Crippen LogP contribution in [0.2, 0.25) is 0 Å². The number of rotatable bonds is 6. The van der Waals surface area contributed by atoms with Crippen molar-refractivity contribution in [3.05, 3.63) is 52.5 Å². The summed E-state index contributed by atoms with van der Waals surface area (Å²) < 4.78 is 0. The van der Waals surface area contributed by atoms with Gasteiger partial charge in [-0.1, -0.05) is 36.5 Å². The van der Waals surface area contributed by atoms with Crippen LogP contribution >= 0.6 is 11.3 Å². The van der Waals surface area contributed by atoms with Gasteiger partial charge in [0, 0.05) is 5.38 Å². The lowest BCUT2D eigenvalue weighted by atomic mass is 10.1. The van der Waals surface area contributed by atoms with Gasteiger partial charge >= 0.3 is 0 Å². The Kier molecular flexibility index (Phi) is 5.79. The summed E-state index contributed by atoms with van der Waals surface area (Å²) in [6.07, 6.45) is 11.6. The highest BCUT2D eigenvalue weighted by atomic mass is 32.1. The molecule has 16 heavy (non-hydrogen) atoms. The predicted molar refractivity (Wildman–Crippen MR) is 72.9 cm³/mol. The summed E-state index contributed by atoms with van der Waals surface area (Å²) in [4.78, 5) is 4.44. The van der Waals surface area contributed by atoms with E-state index in [1.54, 1.807) is 11.3 Å². The van der Waals surface area contributed by atoms with Gasteiger partial charge in [-0.25, -0.2) is 4.98 Å². The van der Waals surface area contributed by atoms with Gasteiger partial charge in [0.1, 0.15) is 0 Å². The minimum Gasteiger partial charge on any atom is -0.247 e. The summed E-state index contributed by atoms with van der Waals surface area (Å²) in [6, 6.07) is 0. The second-order valence-corrected chi connectivity index (χ2v) is 4.86. The molecule has 0 spiro atoms. The number of thiazole rings is 1. The molecule has 0 bridgehead atoms. The molecule has 1 heterocycles. The summed E-state index contributed by atoms with van der Waals surface area (Å²) in [5.41, 5.74) is 2.48. The lowest BCUT2D eigenvalue weighted by molar-refractivity contribution is 0.821. The van der Waals surface area contributed by atoms with Crippen LogP contribution in [0.3, 0.4) is 0 Å². The molecule has 0 amide bonds. The van der Waals surface area contributed by atoms with Crippen molar-refractivity contribution >= 4 is 11.3 Å². The molecule has 0 aliphatic rings. The van der Waals surface area contributed by atoms with E-state index in [0.717, 1.165) is 17.8 Å². The first-order valence-corrected chi connectivity index (χ1v) is 6.47. The highest BCUT2D eigenvalue weighted by Crippen LogP contribution is 2.11. The molecule has 0 fully saturated rings. The van der Waals surface area contributed by atoms with Gasteiger partial charge in [-0.3, -0.25) is 0 Å². The molecule has 1 rings (SSSR count). The van der Waals surface area contributed by atoms with E-state index in [9.17, 15) is 0 Å². The van der Waals surface area contributed by atoms with Gasteiger partial charge in [0.25, 0.3) is 0 Å². The Labute approximate surface area is 102 Å². The summed E-state index contributed by atoms with van der Waals surface area (Å²) >= 11 is 1.73. The Morgan fingerprint density at radius 2 is 2.38 bits per heavy atom. The predicted octanol–water partition coefficient (Wildman–Crippen LogP) is 4.46. The van der Waals surface area contributed by atoms with Crippen LogP contribution in [0.1, 0.15) is 30.5 Å². The molecular weight excluding hydrogens is 214 g/mol. The molecule has 0 atom stereocenters. The zero-order valence-corrected chi connectivity index (χ0v) is 10.9. The second-order valence-electron chi connectivity index (χ2n) is 3.80. The lowest BCUT2D eigenvalue weighted by Gasteiger charge is -1.93. The maximum absolute atomic E-state index is 4.44. The average molecular weight is 233 g/mol. The Morgan fingerprint density at radius 1 is 1.56 bits per heavy atom. The lowest BCUT2D eigenvalue weighted by Crippen LogP contribution is -1.84. The minimum atomic E-state index is 1.08.